The van der Waals surface area contributed by atoms with Crippen molar-refractivity contribution in [2.24, 2.45) is 5.92 Å². The minimum atomic E-state index is -1.38. The van der Waals surface area contributed by atoms with E-state index in [-0.39, 0.29) is 19.5 Å². The normalized spacial score (nSPS) is 14.4. The van der Waals surface area contributed by atoms with Gasteiger partial charge in [-0.25, -0.2) is 0 Å². The zero-order chi connectivity index (χ0) is 20.5. The zero-order valence-electron chi connectivity index (χ0n) is 15.4. The van der Waals surface area contributed by atoms with Gasteiger partial charge in [-0.15, -0.1) is 0 Å². The number of carbonyl (C=O) groups is 2. The molecule has 1 unspecified atom stereocenters. The molecule has 7 nitrogen and oxygen atoms in total. The summed E-state index contributed by atoms with van der Waals surface area (Å²) < 4.78 is 0. The van der Waals surface area contributed by atoms with Crippen molar-refractivity contribution >= 4 is 11.9 Å². The summed E-state index contributed by atoms with van der Waals surface area (Å²) >= 11 is 0. The van der Waals surface area contributed by atoms with Crippen molar-refractivity contribution in [2.45, 2.75) is 31.7 Å². The van der Waals surface area contributed by atoms with Crippen LogP contribution >= 0.6 is 0 Å². The van der Waals surface area contributed by atoms with Gasteiger partial charge in [-0.05, 0) is 17.5 Å². The summed E-state index contributed by atoms with van der Waals surface area (Å²) in [5, 5.41) is 38.3. The van der Waals surface area contributed by atoms with Crippen LogP contribution in [0.25, 0.3) is 0 Å². The molecule has 0 aromatic heterocycles. The lowest BCUT2D eigenvalue weighted by atomic mass is 9.91. The monoisotopic (exact) mass is 387 g/mol. The summed E-state index contributed by atoms with van der Waals surface area (Å²) in [6, 6.07) is 17.0. The van der Waals surface area contributed by atoms with E-state index < -0.39 is 36.6 Å². The van der Waals surface area contributed by atoms with E-state index in [0.29, 0.717) is 0 Å². The molecule has 3 atom stereocenters. The second-order valence-corrected chi connectivity index (χ2v) is 6.68. The van der Waals surface area contributed by atoms with Crippen LogP contribution < -0.4 is 0 Å². The number of hydrogen-bond donors (Lipinski definition) is 4. The van der Waals surface area contributed by atoms with Gasteiger partial charge in [-0.3, -0.25) is 14.5 Å². The number of benzene rings is 2. The number of aliphatic hydroxyl groups excluding tert-OH is 2. The van der Waals surface area contributed by atoms with Crippen LogP contribution in [-0.4, -0.2) is 56.0 Å². The van der Waals surface area contributed by atoms with Crippen molar-refractivity contribution in [1.82, 2.24) is 4.90 Å². The molecule has 28 heavy (non-hydrogen) atoms. The number of hydrogen-bond acceptors (Lipinski definition) is 5. The fourth-order valence-corrected chi connectivity index (χ4v) is 3.20. The van der Waals surface area contributed by atoms with Crippen LogP contribution in [0.3, 0.4) is 0 Å². The number of aliphatic hydroxyl groups is 2. The molecule has 4 N–H and O–H groups in total. The highest BCUT2D eigenvalue weighted by atomic mass is 16.4. The minimum Gasteiger partial charge on any atom is -0.481 e. The van der Waals surface area contributed by atoms with Crippen LogP contribution in [0, 0.1) is 5.92 Å². The van der Waals surface area contributed by atoms with Crippen molar-refractivity contribution in [3.8, 4) is 0 Å². The first kappa shape index (κ1) is 21.6. The van der Waals surface area contributed by atoms with E-state index in [1.54, 1.807) is 4.90 Å². The summed E-state index contributed by atoms with van der Waals surface area (Å²) in [6.45, 7) is -0.176. The molecule has 0 aliphatic carbocycles. The average molecular weight is 387 g/mol. The first-order chi connectivity index (χ1) is 13.4. The predicted octanol–water partition coefficient (Wildman–Crippen LogP) is 1.59. The third-order valence-corrected chi connectivity index (χ3v) is 4.54. The quantitative estimate of drug-likeness (QED) is 0.462. The van der Waals surface area contributed by atoms with Gasteiger partial charge in [-0.2, -0.15) is 0 Å². The van der Waals surface area contributed by atoms with E-state index in [2.05, 4.69) is 0 Å². The highest BCUT2D eigenvalue weighted by Crippen LogP contribution is 2.23. The van der Waals surface area contributed by atoms with Gasteiger partial charge in [0.05, 0.1) is 18.6 Å². The van der Waals surface area contributed by atoms with E-state index in [0.717, 1.165) is 11.1 Å². The number of carboxylic acids is 2. The van der Waals surface area contributed by atoms with Gasteiger partial charge in [0, 0.05) is 13.1 Å². The molecule has 0 fully saturated rings. The molecule has 7 heteroatoms. The average Bonchev–Trinajstić information content (AvgIpc) is 2.68. The molecule has 0 aliphatic rings. The molecule has 0 saturated heterocycles. The van der Waals surface area contributed by atoms with Crippen LogP contribution in [0.5, 0.6) is 0 Å². The summed E-state index contributed by atoms with van der Waals surface area (Å²) in [7, 11) is 0. The Bertz CT molecular complexity index is 711. The van der Waals surface area contributed by atoms with Crippen LogP contribution in [-0.2, 0) is 22.7 Å². The van der Waals surface area contributed by atoms with E-state index in [4.69, 9.17) is 5.11 Å². The third-order valence-electron chi connectivity index (χ3n) is 4.54. The molecule has 0 bridgehead atoms. The van der Waals surface area contributed by atoms with Gasteiger partial charge in [0.25, 0.3) is 0 Å². The van der Waals surface area contributed by atoms with Crippen LogP contribution in [0.15, 0.2) is 60.7 Å². The van der Waals surface area contributed by atoms with Crippen molar-refractivity contribution < 1.29 is 30.0 Å². The van der Waals surface area contributed by atoms with Crippen molar-refractivity contribution in [3.63, 3.8) is 0 Å². The van der Waals surface area contributed by atoms with Gasteiger partial charge >= 0.3 is 11.9 Å². The van der Waals surface area contributed by atoms with Gasteiger partial charge in [0.1, 0.15) is 6.04 Å². The smallest absolute Gasteiger partial charge is 0.321 e. The Kier molecular flexibility index (Phi) is 8.13. The topological polar surface area (TPSA) is 118 Å². The van der Waals surface area contributed by atoms with E-state index in [9.17, 15) is 24.9 Å². The van der Waals surface area contributed by atoms with E-state index in [1.807, 2.05) is 60.7 Å². The lowest BCUT2D eigenvalue weighted by Crippen LogP contribution is -2.49. The SMILES string of the molecule is O=C(O)[C@@H](CC(O)CO)[C@@H](C(=O)O)N(Cc1ccccc1)Cc1ccccc1. The first-order valence-corrected chi connectivity index (χ1v) is 8.98. The molecule has 2 aromatic rings. The fourth-order valence-electron chi connectivity index (χ4n) is 3.20. The van der Waals surface area contributed by atoms with Crippen LogP contribution in [0.1, 0.15) is 17.5 Å². The van der Waals surface area contributed by atoms with Gasteiger partial charge in [0.2, 0.25) is 0 Å². The summed E-state index contributed by atoms with van der Waals surface area (Å²) in [6.07, 6.45) is -1.67. The molecule has 0 spiro atoms. The van der Waals surface area contributed by atoms with E-state index in [1.165, 1.54) is 0 Å². The second-order valence-electron chi connectivity index (χ2n) is 6.68. The lowest BCUT2D eigenvalue weighted by molar-refractivity contribution is -0.157. The molecule has 0 aliphatic heterocycles. The standard InChI is InChI=1S/C21H25NO6/c23-14-17(24)11-18(20(25)26)19(21(27)28)22(12-15-7-3-1-4-8-15)13-16-9-5-2-6-10-16/h1-10,17-19,23-24H,11-14H2,(H,25,26)(H,27,28)/t17?,18-,19-/m0/s1. The highest BCUT2D eigenvalue weighted by Gasteiger charge is 2.39. The van der Waals surface area contributed by atoms with Gasteiger partial charge in [0.15, 0.2) is 0 Å². The molecule has 0 saturated carbocycles. The van der Waals surface area contributed by atoms with Gasteiger partial charge < -0.3 is 20.4 Å². The maximum Gasteiger partial charge on any atom is 0.321 e. The molecule has 0 radical (unpaired) electrons. The van der Waals surface area contributed by atoms with Gasteiger partial charge in [-0.1, -0.05) is 60.7 Å². The lowest BCUT2D eigenvalue weighted by Gasteiger charge is -2.33. The van der Waals surface area contributed by atoms with Crippen LogP contribution in [0.4, 0.5) is 0 Å². The summed E-state index contributed by atoms with van der Waals surface area (Å²) in [5.74, 6) is -4.00. The Hall–Kier alpha value is -2.74. The Morgan fingerprint density at radius 3 is 1.64 bits per heavy atom. The Labute approximate surface area is 163 Å². The van der Waals surface area contributed by atoms with Crippen molar-refractivity contribution in [2.75, 3.05) is 6.61 Å². The maximum atomic E-state index is 12.1. The molecule has 0 amide bonds. The Morgan fingerprint density at radius 2 is 1.29 bits per heavy atom. The molecular formula is C21H25NO6. The van der Waals surface area contributed by atoms with E-state index >= 15 is 0 Å². The highest BCUT2D eigenvalue weighted by molar-refractivity contribution is 5.82. The summed E-state index contributed by atoms with van der Waals surface area (Å²) in [5.41, 5.74) is 1.69. The predicted molar refractivity (Wildman–Crippen MR) is 102 cm³/mol. The third kappa shape index (κ3) is 6.16. The number of aliphatic carboxylic acids is 2. The maximum absolute atomic E-state index is 12.1. The number of carboxylic acid groups (broad SMARTS) is 2. The number of rotatable bonds is 11. The summed E-state index contributed by atoms with van der Waals surface area (Å²) in [4.78, 5) is 25.5. The molecule has 2 rings (SSSR count). The molecule has 2 aromatic carbocycles. The van der Waals surface area contributed by atoms with Crippen molar-refractivity contribution in [3.05, 3.63) is 71.8 Å². The Balaban J connectivity index is 2.39. The molecular weight excluding hydrogens is 362 g/mol. The number of nitrogens with zero attached hydrogens (tertiary/aromatic N) is 1. The zero-order valence-corrected chi connectivity index (χ0v) is 15.4. The minimum absolute atomic E-state index is 0.228. The Morgan fingerprint density at radius 1 is 0.821 bits per heavy atom. The van der Waals surface area contributed by atoms with Crippen LogP contribution in [0.2, 0.25) is 0 Å². The molecule has 0 heterocycles. The first-order valence-electron chi connectivity index (χ1n) is 8.98. The fraction of sp³-hybridized carbons (Fsp3) is 0.333. The molecule has 150 valence electrons. The van der Waals surface area contributed by atoms with Crippen molar-refractivity contribution in [1.29, 1.82) is 0 Å². The second kappa shape index (κ2) is 10.6. The largest absolute Gasteiger partial charge is 0.481 e.